The van der Waals surface area contributed by atoms with E-state index in [-0.39, 0.29) is 29.6 Å². The second-order valence-corrected chi connectivity index (χ2v) is 7.76. The van der Waals surface area contributed by atoms with Gasteiger partial charge in [-0.25, -0.2) is 4.79 Å². The van der Waals surface area contributed by atoms with Crippen molar-refractivity contribution in [1.29, 1.82) is 0 Å². The highest BCUT2D eigenvalue weighted by atomic mass is 16.5. The molecular formula is C27H27NO6. The molecule has 0 aliphatic rings. The zero-order chi connectivity index (χ0) is 24.7. The first kappa shape index (κ1) is 24.5. The minimum absolute atomic E-state index is 0.0471. The molecule has 0 aliphatic carbocycles. The Bertz CT molecular complexity index is 1220. The number of phenolic OH excluding ortho intramolecular Hbond substituents is 1. The van der Waals surface area contributed by atoms with Gasteiger partial charge in [0.05, 0.1) is 18.2 Å². The Balaban J connectivity index is 1.74. The number of ether oxygens (including phenoxy) is 2. The average molecular weight is 462 g/mol. The molecule has 0 fully saturated rings. The molecule has 0 bridgehead atoms. The number of Topliss-reactive ketones (excluding diaryl/α,β-unsaturated/α-hetero) is 1. The van der Waals surface area contributed by atoms with Crippen LogP contribution in [0.2, 0.25) is 0 Å². The number of hydrogen-bond donors (Lipinski definition) is 2. The molecule has 3 aromatic carbocycles. The first-order chi connectivity index (χ1) is 16.3. The number of carbonyl (C=O) groups is 3. The van der Waals surface area contributed by atoms with Gasteiger partial charge in [-0.3, -0.25) is 9.59 Å². The number of amides is 1. The van der Waals surface area contributed by atoms with Crippen LogP contribution in [0.15, 0.2) is 60.7 Å². The number of phenols is 1. The van der Waals surface area contributed by atoms with Crippen LogP contribution in [-0.2, 0) is 17.8 Å². The van der Waals surface area contributed by atoms with Crippen LogP contribution in [0, 0.1) is 0 Å². The number of esters is 1. The Labute approximate surface area is 198 Å². The third kappa shape index (κ3) is 5.81. The summed E-state index contributed by atoms with van der Waals surface area (Å²) >= 11 is 0. The van der Waals surface area contributed by atoms with E-state index in [0.29, 0.717) is 34.5 Å². The van der Waals surface area contributed by atoms with Crippen molar-refractivity contribution in [3.05, 3.63) is 88.5 Å². The van der Waals surface area contributed by atoms with Crippen molar-refractivity contribution in [3.63, 3.8) is 0 Å². The summed E-state index contributed by atoms with van der Waals surface area (Å²) in [5, 5.41) is 13.3. The standard InChI is InChI=1S/C27H27NO6/c1-4-7-23-24(13-12-22(17(2)29)25(23)30)34-16-18-8-5-9-19(14-18)26(31)28-21-11-6-10-20(15-21)27(32)33-3/h5-6,8-15,30H,4,7,16H2,1-3H3,(H,28,31). The number of methoxy groups -OCH3 is 1. The molecule has 0 atom stereocenters. The molecule has 0 aromatic heterocycles. The largest absolute Gasteiger partial charge is 0.507 e. The Morgan fingerprint density at radius 2 is 1.71 bits per heavy atom. The van der Waals surface area contributed by atoms with Gasteiger partial charge in [0.15, 0.2) is 5.78 Å². The molecule has 7 nitrogen and oxygen atoms in total. The Hall–Kier alpha value is -4.13. The van der Waals surface area contributed by atoms with Gasteiger partial charge in [-0.05, 0) is 61.4 Å². The molecule has 0 spiro atoms. The van der Waals surface area contributed by atoms with Crippen LogP contribution in [0.3, 0.4) is 0 Å². The summed E-state index contributed by atoms with van der Waals surface area (Å²) in [6.45, 7) is 3.56. The van der Waals surface area contributed by atoms with Crippen LogP contribution >= 0.6 is 0 Å². The molecule has 0 saturated heterocycles. The van der Waals surface area contributed by atoms with Crippen LogP contribution in [0.4, 0.5) is 5.69 Å². The smallest absolute Gasteiger partial charge is 0.337 e. The van der Waals surface area contributed by atoms with E-state index in [0.717, 1.165) is 12.0 Å². The van der Waals surface area contributed by atoms with E-state index >= 15 is 0 Å². The number of carbonyl (C=O) groups excluding carboxylic acids is 3. The van der Waals surface area contributed by atoms with Gasteiger partial charge in [0, 0.05) is 16.8 Å². The van der Waals surface area contributed by atoms with E-state index in [2.05, 4.69) is 5.32 Å². The van der Waals surface area contributed by atoms with E-state index in [4.69, 9.17) is 9.47 Å². The van der Waals surface area contributed by atoms with E-state index in [9.17, 15) is 19.5 Å². The molecule has 0 radical (unpaired) electrons. The number of nitrogens with one attached hydrogen (secondary N) is 1. The number of rotatable bonds is 9. The van der Waals surface area contributed by atoms with Crippen molar-refractivity contribution in [2.24, 2.45) is 0 Å². The lowest BCUT2D eigenvalue weighted by Crippen LogP contribution is -2.13. The van der Waals surface area contributed by atoms with Crippen molar-refractivity contribution >= 4 is 23.3 Å². The first-order valence-electron chi connectivity index (χ1n) is 10.9. The van der Waals surface area contributed by atoms with Gasteiger partial charge in [-0.15, -0.1) is 0 Å². The lowest BCUT2D eigenvalue weighted by Gasteiger charge is -2.15. The molecule has 3 aromatic rings. The number of ketones is 1. The Morgan fingerprint density at radius 1 is 0.971 bits per heavy atom. The van der Waals surface area contributed by atoms with Crippen LogP contribution in [0.25, 0.3) is 0 Å². The maximum Gasteiger partial charge on any atom is 0.337 e. The number of hydrogen-bond acceptors (Lipinski definition) is 6. The minimum Gasteiger partial charge on any atom is -0.507 e. The summed E-state index contributed by atoms with van der Waals surface area (Å²) in [4.78, 5) is 36.2. The van der Waals surface area contributed by atoms with Crippen molar-refractivity contribution < 1.29 is 29.0 Å². The highest BCUT2D eigenvalue weighted by molar-refractivity contribution is 6.05. The first-order valence-corrected chi connectivity index (χ1v) is 10.9. The highest BCUT2D eigenvalue weighted by Gasteiger charge is 2.16. The molecule has 3 rings (SSSR count). The minimum atomic E-state index is -0.486. The van der Waals surface area contributed by atoms with Crippen LogP contribution in [0.5, 0.6) is 11.5 Å². The molecular weight excluding hydrogens is 434 g/mol. The van der Waals surface area contributed by atoms with E-state index in [1.807, 2.05) is 13.0 Å². The number of benzene rings is 3. The van der Waals surface area contributed by atoms with Gasteiger partial charge in [-0.2, -0.15) is 0 Å². The maximum absolute atomic E-state index is 12.7. The molecule has 2 N–H and O–H groups in total. The number of aromatic hydroxyl groups is 1. The fraction of sp³-hybridized carbons (Fsp3) is 0.222. The normalized spacial score (nSPS) is 10.4. The summed E-state index contributed by atoms with van der Waals surface area (Å²) in [6.07, 6.45) is 1.34. The lowest BCUT2D eigenvalue weighted by molar-refractivity contribution is 0.0600. The highest BCUT2D eigenvalue weighted by Crippen LogP contribution is 2.33. The summed E-state index contributed by atoms with van der Waals surface area (Å²) in [7, 11) is 1.30. The zero-order valence-electron chi connectivity index (χ0n) is 19.4. The Morgan fingerprint density at radius 3 is 2.41 bits per heavy atom. The molecule has 0 unspecified atom stereocenters. The summed E-state index contributed by atoms with van der Waals surface area (Å²) in [5.74, 6) is -0.579. The van der Waals surface area contributed by atoms with Crippen molar-refractivity contribution in [2.45, 2.75) is 33.3 Å². The molecule has 0 heterocycles. The molecule has 0 saturated carbocycles. The van der Waals surface area contributed by atoms with Gasteiger partial charge >= 0.3 is 5.97 Å². The number of anilines is 1. The van der Waals surface area contributed by atoms with Gasteiger partial charge < -0.3 is 19.9 Å². The second kappa shape index (κ2) is 11.1. The molecule has 176 valence electrons. The van der Waals surface area contributed by atoms with Crippen LogP contribution < -0.4 is 10.1 Å². The molecule has 0 aliphatic heterocycles. The Kier molecular flexibility index (Phi) is 8.03. The van der Waals surface area contributed by atoms with E-state index in [1.165, 1.54) is 14.0 Å². The maximum atomic E-state index is 12.7. The third-order valence-corrected chi connectivity index (χ3v) is 5.24. The van der Waals surface area contributed by atoms with Gasteiger partial charge in [0.25, 0.3) is 5.91 Å². The second-order valence-electron chi connectivity index (χ2n) is 7.76. The van der Waals surface area contributed by atoms with E-state index < -0.39 is 5.97 Å². The summed E-state index contributed by atoms with van der Waals surface area (Å²) < 4.78 is 10.7. The van der Waals surface area contributed by atoms with Crippen molar-refractivity contribution in [3.8, 4) is 11.5 Å². The predicted molar refractivity (Wildman–Crippen MR) is 129 cm³/mol. The van der Waals surface area contributed by atoms with Crippen molar-refractivity contribution in [1.82, 2.24) is 0 Å². The topological polar surface area (TPSA) is 102 Å². The SMILES string of the molecule is CCCc1c(OCc2cccc(C(=O)Nc3cccc(C(=O)OC)c3)c2)ccc(C(C)=O)c1O. The molecule has 1 amide bonds. The molecule has 7 heteroatoms. The van der Waals surface area contributed by atoms with E-state index in [1.54, 1.807) is 54.6 Å². The summed E-state index contributed by atoms with van der Waals surface area (Å²) in [5.41, 5.74) is 2.85. The van der Waals surface area contributed by atoms with Gasteiger partial charge in [-0.1, -0.05) is 31.5 Å². The van der Waals surface area contributed by atoms with Gasteiger partial charge in [0.1, 0.15) is 18.1 Å². The predicted octanol–water partition coefficient (Wildman–Crippen LogP) is 5.17. The fourth-order valence-corrected chi connectivity index (χ4v) is 3.54. The molecule has 34 heavy (non-hydrogen) atoms. The summed E-state index contributed by atoms with van der Waals surface area (Å²) in [6, 6.07) is 16.7. The third-order valence-electron chi connectivity index (χ3n) is 5.24. The van der Waals surface area contributed by atoms with Crippen molar-refractivity contribution in [2.75, 3.05) is 12.4 Å². The zero-order valence-corrected chi connectivity index (χ0v) is 19.4. The lowest BCUT2D eigenvalue weighted by atomic mass is 10.0. The fourth-order valence-electron chi connectivity index (χ4n) is 3.54. The van der Waals surface area contributed by atoms with Gasteiger partial charge in [0.2, 0.25) is 0 Å². The van der Waals surface area contributed by atoms with Crippen LogP contribution in [0.1, 0.15) is 62.5 Å². The van der Waals surface area contributed by atoms with Crippen LogP contribution in [-0.4, -0.2) is 29.9 Å². The average Bonchev–Trinajstić information content (AvgIpc) is 2.84. The monoisotopic (exact) mass is 461 g/mol. The quantitative estimate of drug-likeness (QED) is 0.337.